The van der Waals surface area contributed by atoms with Gasteiger partial charge in [0.05, 0.1) is 6.04 Å². The maximum absolute atomic E-state index is 12.1. The molecule has 1 amide bonds. The summed E-state index contributed by atoms with van der Waals surface area (Å²) in [6, 6.07) is 14.0. The normalized spacial score (nSPS) is 12.5. The summed E-state index contributed by atoms with van der Waals surface area (Å²) in [6.07, 6.45) is 2.47. The van der Waals surface area contributed by atoms with E-state index in [1.807, 2.05) is 44.3 Å². The van der Waals surface area contributed by atoms with E-state index in [0.29, 0.717) is 13.0 Å². The predicted molar refractivity (Wildman–Crippen MR) is 86.6 cm³/mol. The molecule has 4 nitrogen and oxygen atoms in total. The summed E-state index contributed by atoms with van der Waals surface area (Å²) < 4.78 is 7.64. The van der Waals surface area contributed by atoms with Crippen molar-refractivity contribution >= 4 is 16.8 Å². The van der Waals surface area contributed by atoms with Crippen LogP contribution in [0.4, 0.5) is 0 Å². The van der Waals surface area contributed by atoms with Crippen molar-refractivity contribution in [2.75, 3.05) is 0 Å². The molecule has 0 aliphatic rings. The second kappa shape index (κ2) is 6.10. The van der Waals surface area contributed by atoms with E-state index in [9.17, 15) is 4.79 Å². The highest BCUT2D eigenvalue weighted by molar-refractivity contribution is 5.80. The monoisotopic (exact) mass is 296 g/mol. The van der Waals surface area contributed by atoms with Gasteiger partial charge >= 0.3 is 0 Å². The number of carbonyl (C=O) groups excluding carboxylic acids is 1. The van der Waals surface area contributed by atoms with Gasteiger partial charge in [0.15, 0.2) is 0 Å². The first-order valence-electron chi connectivity index (χ1n) is 7.53. The number of hydrogen-bond donors (Lipinski definition) is 1. The summed E-state index contributed by atoms with van der Waals surface area (Å²) in [5.74, 6) is 1.67. The average Bonchev–Trinajstić information content (AvgIpc) is 3.11. The van der Waals surface area contributed by atoms with Crippen LogP contribution in [0.25, 0.3) is 10.9 Å². The lowest BCUT2D eigenvalue weighted by molar-refractivity contribution is -0.122. The Hall–Kier alpha value is -2.49. The molecule has 0 radical (unpaired) electrons. The number of aromatic nitrogens is 1. The lowest BCUT2D eigenvalue weighted by Gasteiger charge is -2.12. The number of fused-ring (bicyclic) bond motifs is 1. The SMILES string of the molecule is Cc1ccc([C@H](C)NC(=O)CCn2ccc3ccccc32)o1. The molecule has 0 fully saturated rings. The van der Waals surface area contributed by atoms with Crippen molar-refractivity contribution in [3.8, 4) is 0 Å². The second-order valence-corrected chi connectivity index (χ2v) is 5.56. The van der Waals surface area contributed by atoms with Crippen LogP contribution in [0.5, 0.6) is 0 Å². The number of nitrogens with zero attached hydrogens (tertiary/aromatic N) is 1. The quantitative estimate of drug-likeness (QED) is 0.778. The van der Waals surface area contributed by atoms with Crippen LogP contribution in [0.1, 0.15) is 30.9 Å². The van der Waals surface area contributed by atoms with E-state index in [0.717, 1.165) is 17.0 Å². The van der Waals surface area contributed by atoms with Gasteiger partial charge in [-0.1, -0.05) is 18.2 Å². The van der Waals surface area contributed by atoms with Crippen molar-refractivity contribution in [2.24, 2.45) is 0 Å². The fourth-order valence-electron chi connectivity index (χ4n) is 2.63. The number of benzene rings is 1. The number of aryl methyl sites for hydroxylation is 2. The standard InChI is InChI=1S/C18H20N2O2/c1-13-7-8-17(22-13)14(2)19-18(21)10-12-20-11-9-15-5-3-4-6-16(15)20/h3-9,11,14H,10,12H2,1-2H3,(H,19,21)/t14-/m0/s1. The molecule has 1 aromatic carbocycles. The van der Waals surface area contributed by atoms with Gasteiger partial charge in [0.1, 0.15) is 11.5 Å². The highest BCUT2D eigenvalue weighted by Gasteiger charge is 2.12. The first kappa shape index (κ1) is 14.4. The Morgan fingerprint density at radius 1 is 1.23 bits per heavy atom. The van der Waals surface area contributed by atoms with Crippen molar-refractivity contribution in [3.63, 3.8) is 0 Å². The van der Waals surface area contributed by atoms with Gasteiger partial charge in [-0.15, -0.1) is 0 Å². The first-order valence-corrected chi connectivity index (χ1v) is 7.53. The summed E-state index contributed by atoms with van der Waals surface area (Å²) in [6.45, 7) is 4.50. The van der Waals surface area contributed by atoms with Crippen molar-refractivity contribution in [2.45, 2.75) is 32.9 Å². The van der Waals surface area contributed by atoms with Crippen LogP contribution in [0.3, 0.4) is 0 Å². The van der Waals surface area contributed by atoms with Crippen LogP contribution in [0, 0.1) is 6.92 Å². The third-order valence-electron chi connectivity index (χ3n) is 3.83. The van der Waals surface area contributed by atoms with Crippen molar-refractivity contribution in [1.82, 2.24) is 9.88 Å². The molecule has 0 unspecified atom stereocenters. The third kappa shape index (κ3) is 3.06. The zero-order chi connectivity index (χ0) is 15.5. The van der Waals surface area contributed by atoms with Gasteiger partial charge in [0.25, 0.3) is 0 Å². The average molecular weight is 296 g/mol. The lowest BCUT2D eigenvalue weighted by Crippen LogP contribution is -2.27. The smallest absolute Gasteiger partial charge is 0.222 e. The molecule has 0 saturated carbocycles. The minimum absolute atomic E-state index is 0.0272. The molecule has 0 aliphatic heterocycles. The lowest BCUT2D eigenvalue weighted by atomic mass is 10.2. The van der Waals surface area contributed by atoms with Crippen molar-refractivity contribution in [3.05, 3.63) is 60.2 Å². The van der Waals surface area contributed by atoms with Crippen LogP contribution in [-0.2, 0) is 11.3 Å². The summed E-state index contributed by atoms with van der Waals surface area (Å²) >= 11 is 0. The Balaban J connectivity index is 1.58. The Bertz CT molecular complexity index is 785. The van der Waals surface area contributed by atoms with Gasteiger partial charge in [-0.3, -0.25) is 4.79 Å². The van der Waals surface area contributed by atoms with Gasteiger partial charge in [0.2, 0.25) is 5.91 Å². The molecular formula is C18H20N2O2. The number of furan rings is 1. The minimum atomic E-state index is -0.109. The van der Waals surface area contributed by atoms with E-state index < -0.39 is 0 Å². The summed E-state index contributed by atoms with van der Waals surface area (Å²) in [5, 5.41) is 4.17. The molecule has 22 heavy (non-hydrogen) atoms. The van der Waals surface area contributed by atoms with Crippen LogP contribution in [0.15, 0.2) is 53.1 Å². The molecule has 0 bridgehead atoms. The van der Waals surface area contributed by atoms with E-state index in [-0.39, 0.29) is 11.9 Å². The first-order chi connectivity index (χ1) is 10.6. The van der Waals surface area contributed by atoms with Crippen LogP contribution in [0.2, 0.25) is 0 Å². The zero-order valence-corrected chi connectivity index (χ0v) is 12.9. The van der Waals surface area contributed by atoms with E-state index in [2.05, 4.69) is 28.1 Å². The Kier molecular flexibility index (Phi) is 4.00. The highest BCUT2D eigenvalue weighted by atomic mass is 16.3. The fourth-order valence-corrected chi connectivity index (χ4v) is 2.63. The number of rotatable bonds is 5. The van der Waals surface area contributed by atoms with Crippen molar-refractivity contribution in [1.29, 1.82) is 0 Å². The molecule has 1 N–H and O–H groups in total. The number of nitrogens with one attached hydrogen (secondary N) is 1. The van der Waals surface area contributed by atoms with Gasteiger partial charge in [0, 0.05) is 24.7 Å². The van der Waals surface area contributed by atoms with Crippen LogP contribution >= 0.6 is 0 Å². The molecule has 3 aromatic rings. The molecule has 1 atom stereocenters. The number of amides is 1. The number of para-hydroxylation sites is 1. The van der Waals surface area contributed by atoms with E-state index in [1.54, 1.807) is 0 Å². The molecule has 114 valence electrons. The maximum Gasteiger partial charge on any atom is 0.222 e. The fraction of sp³-hybridized carbons (Fsp3) is 0.278. The van der Waals surface area contributed by atoms with Gasteiger partial charge in [-0.2, -0.15) is 0 Å². The Labute approximate surface area is 129 Å². The Morgan fingerprint density at radius 2 is 2.05 bits per heavy atom. The van der Waals surface area contributed by atoms with E-state index in [4.69, 9.17) is 4.42 Å². The van der Waals surface area contributed by atoms with Crippen molar-refractivity contribution < 1.29 is 9.21 Å². The molecule has 3 rings (SSSR count). The van der Waals surface area contributed by atoms with E-state index in [1.165, 1.54) is 5.39 Å². The van der Waals surface area contributed by atoms with Crippen LogP contribution < -0.4 is 5.32 Å². The third-order valence-corrected chi connectivity index (χ3v) is 3.83. The molecule has 0 aliphatic carbocycles. The summed E-state index contributed by atoms with van der Waals surface area (Å²) in [7, 11) is 0. The van der Waals surface area contributed by atoms with Gasteiger partial charge in [-0.05, 0) is 43.5 Å². The number of hydrogen-bond acceptors (Lipinski definition) is 2. The molecule has 2 aromatic heterocycles. The Morgan fingerprint density at radius 3 is 2.82 bits per heavy atom. The van der Waals surface area contributed by atoms with E-state index >= 15 is 0 Å². The molecule has 0 saturated heterocycles. The summed E-state index contributed by atoms with van der Waals surface area (Å²) in [5.41, 5.74) is 1.16. The minimum Gasteiger partial charge on any atom is -0.464 e. The van der Waals surface area contributed by atoms with Gasteiger partial charge in [-0.25, -0.2) is 0 Å². The topological polar surface area (TPSA) is 47.2 Å². The molecular weight excluding hydrogens is 276 g/mol. The zero-order valence-electron chi connectivity index (χ0n) is 12.9. The van der Waals surface area contributed by atoms with Gasteiger partial charge < -0.3 is 14.3 Å². The maximum atomic E-state index is 12.1. The molecule has 0 spiro atoms. The second-order valence-electron chi connectivity index (χ2n) is 5.56. The highest BCUT2D eigenvalue weighted by Crippen LogP contribution is 2.17. The summed E-state index contributed by atoms with van der Waals surface area (Å²) in [4.78, 5) is 12.1. The van der Waals surface area contributed by atoms with Crippen LogP contribution in [-0.4, -0.2) is 10.5 Å². The molecule has 2 heterocycles. The molecule has 4 heteroatoms. The predicted octanol–water partition coefficient (Wildman–Crippen LogP) is 3.81. The largest absolute Gasteiger partial charge is 0.464 e. The number of carbonyl (C=O) groups is 1.